The molecule has 0 saturated carbocycles. The number of hydrogen-bond acceptors (Lipinski definition) is 10. The molecule has 13 heteroatoms. The molecule has 244 valence electrons. The average molecular weight is 659 g/mol. The van der Waals surface area contributed by atoms with Gasteiger partial charge in [0.1, 0.15) is 11.5 Å². The number of ketones is 1. The van der Waals surface area contributed by atoms with Gasteiger partial charge in [-0.15, -0.1) is 11.3 Å². The number of aliphatic imine (C=N–C) groups is 1. The Morgan fingerprint density at radius 1 is 1.04 bits per heavy atom. The van der Waals surface area contributed by atoms with E-state index in [1.807, 2.05) is 18.2 Å². The molecule has 2 aliphatic heterocycles. The first-order valence-corrected chi connectivity index (χ1v) is 15.8. The number of methoxy groups -OCH3 is 3. The number of nitrogens with one attached hydrogen (secondary N) is 1. The van der Waals surface area contributed by atoms with E-state index in [-0.39, 0.29) is 42.8 Å². The van der Waals surface area contributed by atoms with Gasteiger partial charge in [0.25, 0.3) is 5.91 Å². The van der Waals surface area contributed by atoms with E-state index in [1.165, 1.54) is 32.7 Å². The highest BCUT2D eigenvalue weighted by Crippen LogP contribution is 2.38. The number of carbonyl (C=O) groups excluding carboxylic acids is 4. The second-order valence-corrected chi connectivity index (χ2v) is 12.5. The number of ether oxygens (including phenoxy) is 4. The van der Waals surface area contributed by atoms with Crippen molar-refractivity contribution in [3.8, 4) is 11.5 Å². The zero-order chi connectivity index (χ0) is 33.2. The maximum Gasteiger partial charge on any atom is 0.348 e. The van der Waals surface area contributed by atoms with Crippen LogP contribution in [-0.4, -0.2) is 85.9 Å². The van der Waals surface area contributed by atoms with Crippen molar-refractivity contribution in [3.05, 3.63) is 70.4 Å². The summed E-state index contributed by atoms with van der Waals surface area (Å²) in [6.07, 6.45) is 4.40. The minimum absolute atomic E-state index is 0.113. The lowest BCUT2D eigenvalue weighted by Crippen LogP contribution is -2.48. The Kier molecular flexibility index (Phi) is 9.10. The molecule has 47 heavy (non-hydrogen) atoms. The zero-order valence-corrected chi connectivity index (χ0v) is 27.2. The first-order chi connectivity index (χ1) is 22.7. The fourth-order valence-electron chi connectivity index (χ4n) is 5.96. The molecule has 2 aliphatic rings. The predicted octanol–water partition coefficient (Wildman–Crippen LogP) is 4.81. The van der Waals surface area contributed by atoms with Crippen LogP contribution in [0.15, 0.2) is 53.7 Å². The number of piperidine rings is 1. The average Bonchev–Trinajstić information content (AvgIpc) is 3.64. The SMILES string of the molecule is COC(=O)c1cc2cc(CC(=O)c3cc(NC(=O)COC4CCN5C(=O)c6cc(OC)c(OC)cc6N=C[C@@H]5C4)cn3C)ccc2s1. The Balaban J connectivity index is 1.03. The summed E-state index contributed by atoms with van der Waals surface area (Å²) in [6.45, 7) is 0.273. The highest BCUT2D eigenvalue weighted by Gasteiger charge is 2.35. The van der Waals surface area contributed by atoms with E-state index in [2.05, 4.69) is 10.3 Å². The van der Waals surface area contributed by atoms with Gasteiger partial charge in [-0.2, -0.15) is 0 Å². The maximum absolute atomic E-state index is 13.4. The number of hydrogen-bond donors (Lipinski definition) is 1. The van der Waals surface area contributed by atoms with Gasteiger partial charge in [-0.25, -0.2) is 4.79 Å². The van der Waals surface area contributed by atoms with Crippen LogP contribution < -0.4 is 14.8 Å². The first kappa shape index (κ1) is 32.0. The van der Waals surface area contributed by atoms with Gasteiger partial charge in [-0.1, -0.05) is 6.07 Å². The van der Waals surface area contributed by atoms with E-state index in [9.17, 15) is 19.2 Å². The molecule has 1 unspecified atom stereocenters. The van der Waals surface area contributed by atoms with Gasteiger partial charge in [0.05, 0.1) is 56.1 Å². The molecule has 6 rings (SSSR count). The minimum Gasteiger partial charge on any atom is -0.493 e. The normalized spacial score (nSPS) is 17.1. The third kappa shape index (κ3) is 6.62. The first-order valence-electron chi connectivity index (χ1n) is 15.0. The number of anilines is 1. The summed E-state index contributed by atoms with van der Waals surface area (Å²) in [5, 5.41) is 3.69. The number of amides is 2. The number of rotatable bonds is 10. The molecule has 2 aromatic heterocycles. The van der Waals surface area contributed by atoms with Crippen molar-refractivity contribution in [1.29, 1.82) is 0 Å². The lowest BCUT2D eigenvalue weighted by Gasteiger charge is -2.36. The van der Waals surface area contributed by atoms with Crippen molar-refractivity contribution in [3.63, 3.8) is 0 Å². The highest BCUT2D eigenvalue weighted by atomic mass is 32.1. The van der Waals surface area contributed by atoms with Crippen LogP contribution in [-0.2, 0) is 27.7 Å². The van der Waals surface area contributed by atoms with Crippen LogP contribution in [0.2, 0.25) is 0 Å². The Hall–Kier alpha value is -5.01. The lowest BCUT2D eigenvalue weighted by molar-refractivity contribution is -0.123. The second kappa shape index (κ2) is 13.4. The monoisotopic (exact) mass is 658 g/mol. The van der Waals surface area contributed by atoms with Crippen molar-refractivity contribution in [2.24, 2.45) is 12.0 Å². The maximum atomic E-state index is 13.4. The molecular weight excluding hydrogens is 624 g/mol. The van der Waals surface area contributed by atoms with Crippen LogP contribution in [0.5, 0.6) is 11.5 Å². The van der Waals surface area contributed by atoms with E-state index >= 15 is 0 Å². The molecule has 4 heterocycles. The number of Topliss-reactive ketones (excluding diaryl/α,β-unsaturated/α-hetero) is 1. The minimum atomic E-state index is -0.391. The Labute approximate surface area is 274 Å². The van der Waals surface area contributed by atoms with Crippen molar-refractivity contribution in [1.82, 2.24) is 9.47 Å². The van der Waals surface area contributed by atoms with Crippen LogP contribution in [0.25, 0.3) is 10.1 Å². The molecule has 12 nitrogen and oxygen atoms in total. The van der Waals surface area contributed by atoms with Crippen molar-refractivity contribution >= 4 is 62.6 Å². The van der Waals surface area contributed by atoms with E-state index in [0.717, 1.165) is 15.6 Å². The van der Waals surface area contributed by atoms with E-state index in [4.69, 9.17) is 18.9 Å². The molecule has 0 spiro atoms. The largest absolute Gasteiger partial charge is 0.493 e. The second-order valence-electron chi connectivity index (χ2n) is 11.4. The van der Waals surface area contributed by atoms with E-state index in [1.54, 1.807) is 53.2 Å². The summed E-state index contributed by atoms with van der Waals surface area (Å²) < 4.78 is 24.1. The molecule has 0 radical (unpaired) electrons. The number of aromatic nitrogens is 1. The number of aryl methyl sites for hydroxylation is 1. The smallest absolute Gasteiger partial charge is 0.348 e. The van der Waals surface area contributed by atoms with Crippen LogP contribution in [0.3, 0.4) is 0 Å². The van der Waals surface area contributed by atoms with Crippen LogP contribution in [0.4, 0.5) is 11.4 Å². The van der Waals surface area contributed by atoms with Crippen molar-refractivity contribution in [2.75, 3.05) is 39.8 Å². The van der Waals surface area contributed by atoms with Crippen molar-refractivity contribution in [2.45, 2.75) is 31.4 Å². The summed E-state index contributed by atoms with van der Waals surface area (Å²) >= 11 is 1.34. The Morgan fingerprint density at radius 3 is 2.60 bits per heavy atom. The molecule has 2 amide bonds. The number of fused-ring (bicyclic) bond motifs is 3. The molecule has 1 saturated heterocycles. The number of carbonyl (C=O) groups is 4. The summed E-state index contributed by atoms with van der Waals surface area (Å²) in [7, 11) is 6.14. The fraction of sp³-hybridized carbons (Fsp3) is 0.324. The molecule has 0 bridgehead atoms. The Bertz CT molecular complexity index is 1910. The van der Waals surface area contributed by atoms with Gasteiger partial charge < -0.3 is 33.7 Å². The zero-order valence-electron chi connectivity index (χ0n) is 26.4. The Morgan fingerprint density at radius 2 is 1.83 bits per heavy atom. The summed E-state index contributed by atoms with van der Waals surface area (Å²) in [4.78, 5) is 58.1. The van der Waals surface area contributed by atoms with E-state index in [0.29, 0.717) is 58.4 Å². The summed E-state index contributed by atoms with van der Waals surface area (Å²) in [5.74, 6) is -0.0472. The van der Waals surface area contributed by atoms with Crippen LogP contribution in [0, 0.1) is 0 Å². The lowest BCUT2D eigenvalue weighted by atomic mass is 9.99. The van der Waals surface area contributed by atoms with Crippen LogP contribution in [0.1, 0.15) is 48.9 Å². The molecule has 4 aromatic rings. The third-order valence-electron chi connectivity index (χ3n) is 8.33. The van der Waals surface area contributed by atoms with Gasteiger partial charge >= 0.3 is 5.97 Å². The third-order valence-corrected chi connectivity index (χ3v) is 9.43. The number of nitrogens with zero attached hydrogens (tertiary/aromatic N) is 3. The molecular formula is C34H34N4O8S. The highest BCUT2D eigenvalue weighted by molar-refractivity contribution is 7.20. The topological polar surface area (TPSA) is 138 Å². The summed E-state index contributed by atoms with van der Waals surface area (Å²) in [5.41, 5.74) is 2.70. The van der Waals surface area contributed by atoms with Crippen LogP contribution >= 0.6 is 11.3 Å². The summed E-state index contributed by atoms with van der Waals surface area (Å²) in [6, 6.07) is 12.1. The molecule has 2 aromatic carbocycles. The molecule has 0 aliphatic carbocycles. The number of esters is 1. The van der Waals surface area contributed by atoms with Gasteiger partial charge in [-0.3, -0.25) is 19.4 Å². The quantitative estimate of drug-likeness (QED) is 0.189. The predicted molar refractivity (Wildman–Crippen MR) is 177 cm³/mol. The van der Waals surface area contributed by atoms with Gasteiger partial charge in [0.2, 0.25) is 5.91 Å². The van der Waals surface area contributed by atoms with E-state index < -0.39 is 5.97 Å². The van der Waals surface area contributed by atoms with Gasteiger partial charge in [0, 0.05) is 43.2 Å². The number of benzene rings is 2. The van der Waals surface area contributed by atoms with Gasteiger partial charge in [0.15, 0.2) is 17.3 Å². The van der Waals surface area contributed by atoms with Gasteiger partial charge in [-0.05, 0) is 54.1 Å². The van der Waals surface area contributed by atoms with Crippen molar-refractivity contribution < 1.29 is 38.1 Å². The standard InChI is InChI=1S/C34H34N4O8S/c1-37-17-21(12-26(37)27(39)10-19-5-6-30-20(9-19)11-31(47-30)34(42)45-4)36-32(40)18-46-23-7-8-38-22(13-23)16-35-25-15-29(44-3)28(43-2)14-24(25)33(38)41/h5-6,9,11-12,14-17,22-23H,7-8,10,13,18H2,1-4H3,(H,36,40)/t22-,23?/m0/s1. The fourth-order valence-corrected chi connectivity index (χ4v) is 6.92. The molecule has 1 fully saturated rings. The number of thiophene rings is 1. The molecule has 2 atom stereocenters. The molecule has 1 N–H and O–H groups in total.